The van der Waals surface area contributed by atoms with Crippen LogP contribution in [0.3, 0.4) is 0 Å². The standard InChI is InChI=1S/C6H11N3O2/c1-8-3-4-9(2,5(7)10)6(8)11/h3-4H2,1-2H3,(H-,7,10)/p+1. The van der Waals surface area contributed by atoms with Gasteiger partial charge in [-0.25, -0.2) is 9.59 Å². The summed E-state index contributed by atoms with van der Waals surface area (Å²) in [6, 6.07) is -0.808. The Morgan fingerprint density at radius 2 is 2.27 bits per heavy atom. The van der Waals surface area contributed by atoms with Crippen molar-refractivity contribution in [3.8, 4) is 0 Å². The van der Waals surface area contributed by atoms with Gasteiger partial charge in [0, 0.05) is 7.05 Å². The zero-order valence-electron chi connectivity index (χ0n) is 6.70. The molecule has 1 heterocycles. The van der Waals surface area contributed by atoms with Gasteiger partial charge in [-0.15, -0.1) is 0 Å². The molecule has 0 bridgehead atoms. The molecule has 1 fully saturated rings. The van der Waals surface area contributed by atoms with Crippen molar-refractivity contribution < 1.29 is 14.1 Å². The van der Waals surface area contributed by atoms with Crippen LogP contribution in [-0.2, 0) is 0 Å². The van der Waals surface area contributed by atoms with Crippen molar-refractivity contribution in [2.24, 2.45) is 5.73 Å². The van der Waals surface area contributed by atoms with Gasteiger partial charge in [0.2, 0.25) is 0 Å². The Kier molecular flexibility index (Phi) is 1.60. The first kappa shape index (κ1) is 8.00. The first-order valence-corrected chi connectivity index (χ1v) is 3.39. The number of likely N-dealkylation sites (N-methyl/N-ethyl adjacent to an activating group) is 2. The molecular formula is C6H12N3O2+. The van der Waals surface area contributed by atoms with E-state index >= 15 is 0 Å². The average Bonchev–Trinajstić information content (AvgIpc) is 2.18. The molecule has 0 radical (unpaired) electrons. The Balaban J connectivity index is 2.90. The summed E-state index contributed by atoms with van der Waals surface area (Å²) in [5.41, 5.74) is 5.07. The number of carbonyl (C=O) groups excluding carboxylic acids is 2. The fourth-order valence-corrected chi connectivity index (χ4v) is 1.12. The third-order valence-electron chi connectivity index (χ3n) is 2.12. The maximum Gasteiger partial charge on any atom is 0.428 e. The summed E-state index contributed by atoms with van der Waals surface area (Å²) in [5.74, 6) is 0. The number of primary amides is 1. The molecular weight excluding hydrogens is 146 g/mol. The van der Waals surface area contributed by atoms with Gasteiger partial charge < -0.3 is 5.73 Å². The molecule has 1 saturated heterocycles. The van der Waals surface area contributed by atoms with Crippen LogP contribution in [0, 0.1) is 0 Å². The minimum Gasteiger partial charge on any atom is -0.318 e. The molecule has 62 valence electrons. The van der Waals surface area contributed by atoms with Gasteiger partial charge in [0.25, 0.3) is 0 Å². The second kappa shape index (κ2) is 2.20. The van der Waals surface area contributed by atoms with Gasteiger partial charge in [-0.2, -0.15) is 4.48 Å². The molecule has 1 aliphatic heterocycles. The molecule has 4 amide bonds. The highest BCUT2D eigenvalue weighted by Crippen LogP contribution is 2.14. The zero-order valence-corrected chi connectivity index (χ0v) is 6.70. The van der Waals surface area contributed by atoms with Crippen molar-refractivity contribution in [2.45, 2.75) is 0 Å². The van der Waals surface area contributed by atoms with Gasteiger partial charge in [0.15, 0.2) is 0 Å². The van der Waals surface area contributed by atoms with Gasteiger partial charge in [-0.05, 0) is 0 Å². The van der Waals surface area contributed by atoms with Crippen LogP contribution in [0.1, 0.15) is 0 Å². The molecule has 1 atom stereocenters. The van der Waals surface area contributed by atoms with Gasteiger partial charge >= 0.3 is 12.1 Å². The molecule has 0 aromatic heterocycles. The van der Waals surface area contributed by atoms with Gasteiger partial charge in [0.1, 0.15) is 6.54 Å². The Labute approximate surface area is 65.0 Å². The molecule has 5 nitrogen and oxygen atoms in total. The first-order chi connectivity index (χ1) is 4.98. The van der Waals surface area contributed by atoms with Crippen molar-refractivity contribution in [3.05, 3.63) is 0 Å². The second-order valence-electron chi connectivity index (χ2n) is 2.96. The SMILES string of the molecule is CN1CC[N+](C)(C(N)=O)C1=O. The van der Waals surface area contributed by atoms with Crippen LogP contribution in [-0.4, -0.2) is 48.6 Å². The molecule has 0 spiro atoms. The van der Waals surface area contributed by atoms with Crippen LogP contribution in [0.25, 0.3) is 0 Å². The van der Waals surface area contributed by atoms with E-state index < -0.39 is 6.03 Å². The smallest absolute Gasteiger partial charge is 0.318 e. The number of urea groups is 2. The topological polar surface area (TPSA) is 63.4 Å². The van der Waals surface area contributed by atoms with Crippen molar-refractivity contribution in [3.63, 3.8) is 0 Å². The number of imide groups is 1. The number of hydrogen-bond donors (Lipinski definition) is 1. The lowest BCUT2D eigenvalue weighted by Crippen LogP contribution is -2.54. The molecule has 1 rings (SSSR count). The average molecular weight is 158 g/mol. The highest BCUT2D eigenvalue weighted by atomic mass is 16.2. The van der Waals surface area contributed by atoms with E-state index in [-0.39, 0.29) is 10.5 Å². The first-order valence-electron chi connectivity index (χ1n) is 3.39. The number of nitrogens with two attached hydrogens (primary N) is 1. The minimum atomic E-state index is -0.584. The summed E-state index contributed by atoms with van der Waals surface area (Å²) in [6.45, 7) is 1.07. The van der Waals surface area contributed by atoms with Crippen LogP contribution in [0.15, 0.2) is 0 Å². The van der Waals surface area contributed by atoms with E-state index in [1.54, 1.807) is 7.05 Å². The van der Waals surface area contributed by atoms with E-state index in [1.165, 1.54) is 11.9 Å². The largest absolute Gasteiger partial charge is 0.428 e. The molecule has 2 N–H and O–H groups in total. The molecule has 11 heavy (non-hydrogen) atoms. The van der Waals surface area contributed by atoms with Crippen molar-refractivity contribution in [1.82, 2.24) is 4.90 Å². The third-order valence-corrected chi connectivity index (χ3v) is 2.12. The van der Waals surface area contributed by atoms with Gasteiger partial charge in [0.05, 0.1) is 13.6 Å². The van der Waals surface area contributed by atoms with Crippen LogP contribution in [0.2, 0.25) is 0 Å². The van der Waals surface area contributed by atoms with E-state index in [9.17, 15) is 9.59 Å². The fraction of sp³-hybridized carbons (Fsp3) is 0.667. The predicted octanol–water partition coefficient (Wildman–Crippen LogP) is -0.423. The van der Waals surface area contributed by atoms with Crippen LogP contribution in [0.5, 0.6) is 0 Å². The molecule has 1 unspecified atom stereocenters. The van der Waals surface area contributed by atoms with E-state index in [0.717, 1.165) is 0 Å². The number of hydrogen-bond acceptors (Lipinski definition) is 2. The van der Waals surface area contributed by atoms with Gasteiger partial charge in [-0.3, -0.25) is 4.90 Å². The summed E-state index contributed by atoms with van der Waals surface area (Å²) in [6.07, 6.45) is 0. The Hall–Kier alpha value is -1.10. The normalized spacial score (nSPS) is 31.1. The Morgan fingerprint density at radius 1 is 1.73 bits per heavy atom. The van der Waals surface area contributed by atoms with Crippen molar-refractivity contribution in [1.29, 1.82) is 0 Å². The van der Waals surface area contributed by atoms with E-state index in [1.807, 2.05) is 0 Å². The van der Waals surface area contributed by atoms with E-state index in [0.29, 0.717) is 13.1 Å². The molecule has 0 aromatic rings. The molecule has 1 aliphatic rings. The number of carbonyl (C=O) groups is 2. The highest BCUT2D eigenvalue weighted by molar-refractivity contribution is 5.82. The monoisotopic (exact) mass is 158 g/mol. The summed E-state index contributed by atoms with van der Waals surface area (Å²) in [5, 5.41) is 0. The lowest BCUT2D eigenvalue weighted by Gasteiger charge is -2.18. The third kappa shape index (κ3) is 0.970. The maximum atomic E-state index is 11.3. The van der Waals surface area contributed by atoms with Gasteiger partial charge in [-0.1, -0.05) is 0 Å². The Bertz CT molecular complexity index is 216. The lowest BCUT2D eigenvalue weighted by atomic mass is 10.5. The maximum absolute atomic E-state index is 11.3. The Morgan fingerprint density at radius 3 is 2.45 bits per heavy atom. The summed E-state index contributed by atoms with van der Waals surface area (Å²) < 4.78 is -0.295. The zero-order chi connectivity index (χ0) is 8.65. The number of amides is 4. The van der Waals surface area contributed by atoms with Crippen LogP contribution >= 0.6 is 0 Å². The second-order valence-corrected chi connectivity index (χ2v) is 2.96. The lowest BCUT2D eigenvalue weighted by molar-refractivity contribution is -0.734. The molecule has 0 aliphatic carbocycles. The fourth-order valence-electron chi connectivity index (χ4n) is 1.12. The molecule has 0 saturated carbocycles. The minimum absolute atomic E-state index is 0.225. The summed E-state index contributed by atoms with van der Waals surface area (Å²) in [4.78, 5) is 23.6. The van der Waals surface area contributed by atoms with Crippen LogP contribution < -0.4 is 5.73 Å². The summed E-state index contributed by atoms with van der Waals surface area (Å²) >= 11 is 0. The van der Waals surface area contributed by atoms with Crippen molar-refractivity contribution >= 4 is 12.1 Å². The number of quaternary nitrogens is 1. The number of nitrogens with zero attached hydrogens (tertiary/aromatic N) is 2. The molecule has 5 heteroatoms. The quantitative estimate of drug-likeness (QED) is 0.486. The number of rotatable bonds is 0. The van der Waals surface area contributed by atoms with Crippen LogP contribution in [0.4, 0.5) is 9.59 Å². The summed E-state index contributed by atoms with van der Waals surface area (Å²) in [7, 11) is 3.20. The molecule has 0 aromatic carbocycles. The van der Waals surface area contributed by atoms with E-state index in [4.69, 9.17) is 5.73 Å². The highest BCUT2D eigenvalue weighted by Gasteiger charge is 2.46. The van der Waals surface area contributed by atoms with E-state index in [2.05, 4.69) is 0 Å². The van der Waals surface area contributed by atoms with Crippen molar-refractivity contribution in [2.75, 3.05) is 27.2 Å². The predicted molar refractivity (Wildman–Crippen MR) is 38.7 cm³/mol.